The summed E-state index contributed by atoms with van der Waals surface area (Å²) in [5, 5.41) is 12.6. The van der Waals surface area contributed by atoms with Crippen molar-refractivity contribution < 1.29 is 52.5 Å². The van der Waals surface area contributed by atoms with Gasteiger partial charge in [0.25, 0.3) is 0 Å². The zero-order chi connectivity index (χ0) is 37.7. The molecule has 1 N–H and O–H groups in total. The van der Waals surface area contributed by atoms with Crippen LogP contribution in [0.5, 0.6) is 0 Å². The van der Waals surface area contributed by atoms with Gasteiger partial charge in [0.05, 0.1) is 29.6 Å². The van der Waals surface area contributed by atoms with Gasteiger partial charge in [0.15, 0.2) is 31.6 Å². The molecule has 51 heavy (non-hydrogen) atoms. The lowest BCUT2D eigenvalue weighted by atomic mass is 9.44. The number of hydrogen-bond donors (Lipinski definition) is 1. The van der Waals surface area contributed by atoms with Gasteiger partial charge in [-0.25, -0.2) is 9.59 Å². The molecule has 8 atom stereocenters. The summed E-state index contributed by atoms with van der Waals surface area (Å²) in [5.74, 6) is -3.43. The van der Waals surface area contributed by atoms with Crippen molar-refractivity contribution in [2.45, 2.75) is 129 Å². The van der Waals surface area contributed by atoms with Crippen LogP contribution in [0.25, 0.3) is 0 Å². The van der Waals surface area contributed by atoms with Crippen LogP contribution in [0, 0.1) is 16.7 Å². The number of carbonyl (C=O) groups excluding carboxylic acids is 5. The average molecular weight is 745 g/mol. The van der Waals surface area contributed by atoms with E-state index in [9.17, 15) is 24.3 Å². The van der Waals surface area contributed by atoms with Gasteiger partial charge in [-0.2, -0.15) is 0 Å². The van der Waals surface area contributed by atoms with Crippen molar-refractivity contribution in [3.8, 4) is 0 Å². The van der Waals surface area contributed by atoms with Gasteiger partial charge >= 0.3 is 17.2 Å². The summed E-state index contributed by atoms with van der Waals surface area (Å²) in [5.41, 5.74) is -6.40. The highest BCUT2D eigenvalue weighted by Gasteiger charge is 2.78. The molecule has 0 unspecified atom stereocenters. The minimum absolute atomic E-state index is 0.147. The van der Waals surface area contributed by atoms with Crippen molar-refractivity contribution >= 4 is 48.9 Å². The molecular weight excluding hydrogens is 693 g/mol. The van der Waals surface area contributed by atoms with Gasteiger partial charge < -0.3 is 28.5 Å². The molecule has 5 rings (SSSR count). The van der Waals surface area contributed by atoms with E-state index in [4.69, 9.17) is 23.4 Å². The Morgan fingerprint density at radius 1 is 1.00 bits per heavy atom. The molecule has 11 nitrogen and oxygen atoms in total. The Labute approximate surface area is 305 Å². The summed E-state index contributed by atoms with van der Waals surface area (Å²) in [7, 11) is -2.51. The van der Waals surface area contributed by atoms with E-state index in [-0.39, 0.29) is 29.7 Å². The molecule has 1 saturated heterocycles. The van der Waals surface area contributed by atoms with Crippen LogP contribution < -0.4 is 0 Å². The molecule has 2 bridgehead atoms. The second kappa shape index (κ2) is 14.2. The zero-order valence-corrected chi connectivity index (χ0v) is 33.0. The lowest BCUT2D eigenvalue weighted by Gasteiger charge is -2.68. The van der Waals surface area contributed by atoms with Gasteiger partial charge in [0, 0.05) is 30.9 Å². The summed E-state index contributed by atoms with van der Waals surface area (Å²) in [6.45, 7) is 15.7. The molecule has 3 fully saturated rings. The third-order valence-corrected chi connectivity index (χ3v) is 17.8. The third kappa shape index (κ3) is 6.14. The number of benzene rings is 1. The number of esters is 2. The summed E-state index contributed by atoms with van der Waals surface area (Å²) in [6.07, 6.45) is -5.18. The van der Waals surface area contributed by atoms with Gasteiger partial charge in [0.2, 0.25) is 0 Å². The second-order valence-corrected chi connectivity index (χ2v) is 21.0. The fourth-order valence-corrected chi connectivity index (χ4v) is 12.6. The highest BCUT2D eigenvalue weighted by Crippen LogP contribution is 2.64. The first kappa shape index (κ1) is 39.4. The second-order valence-electron chi connectivity index (χ2n) is 15.1. The Morgan fingerprint density at radius 2 is 1.63 bits per heavy atom. The van der Waals surface area contributed by atoms with Crippen LogP contribution in [0.4, 0.5) is 4.79 Å². The van der Waals surface area contributed by atoms with Crippen molar-refractivity contribution in [3.63, 3.8) is 0 Å². The zero-order valence-electron chi connectivity index (χ0n) is 31.2. The fraction of sp³-hybridized carbons (Fsp3) is 0.658. The monoisotopic (exact) mass is 744 g/mol. The van der Waals surface area contributed by atoms with Crippen LogP contribution in [-0.2, 0) is 37.8 Å². The Balaban J connectivity index is 1.88. The number of fused-ring (bicyclic) bond motifs is 5. The van der Waals surface area contributed by atoms with Gasteiger partial charge in [-0.1, -0.05) is 59.7 Å². The SMILES string of the molecule is CCSC(=O)O[C@H]1C(=O)[C@]2(C)[C@@H](O[Si](CC)(CC)CC)C[C@H]3OC[C@@]3(OC(C)=O)[C@H]2[C@H](OC(=O)c2ccccc2)[C@]2(O)CC(=O)C(C)=C1C2(C)C. The molecular formula is C38H52O11SSi. The largest absolute Gasteiger partial charge is 0.455 e. The standard InChI is InChI=1S/C38H52O11SSi/c1-10-50-34(43)46-29-28-22(5)25(40)20-38(44,35(28,7)8)32(47-33(42)24-17-15-14-16-18-24)30-36(9,31(29)41)26(49-51(11-2,12-3)13-4)19-27-37(30,21-45-27)48-23(6)39/h14-18,26-27,29-30,32,44H,10-13,19-21H2,1-9H3/t26-,27+,29+,30-,32-,36+,37-,38+/m0/s1. The minimum atomic E-state index is -2.51. The molecule has 3 aliphatic carbocycles. The van der Waals surface area contributed by atoms with Crippen molar-refractivity contribution in [3.05, 3.63) is 47.0 Å². The molecule has 0 spiro atoms. The maximum Gasteiger partial charge on any atom is 0.368 e. The minimum Gasteiger partial charge on any atom is -0.455 e. The van der Waals surface area contributed by atoms with Crippen molar-refractivity contribution in [2.24, 2.45) is 16.7 Å². The van der Waals surface area contributed by atoms with Gasteiger partial charge in [-0.15, -0.1) is 0 Å². The van der Waals surface area contributed by atoms with Crippen LogP contribution >= 0.6 is 11.8 Å². The summed E-state index contributed by atoms with van der Waals surface area (Å²) in [4.78, 5) is 70.3. The van der Waals surface area contributed by atoms with Crippen LogP contribution in [0.2, 0.25) is 18.1 Å². The number of carbonyl (C=O) groups is 5. The summed E-state index contributed by atoms with van der Waals surface area (Å²) >= 11 is 0.881. The van der Waals surface area contributed by atoms with E-state index < -0.39 is 95.9 Å². The van der Waals surface area contributed by atoms with Crippen LogP contribution in [0.15, 0.2) is 41.5 Å². The fourth-order valence-electron chi connectivity index (χ4n) is 9.26. The number of ether oxygens (including phenoxy) is 4. The quantitative estimate of drug-likeness (QED) is 0.165. The van der Waals surface area contributed by atoms with Crippen LogP contribution in [0.1, 0.15) is 85.5 Å². The van der Waals surface area contributed by atoms with E-state index in [1.54, 1.807) is 65.0 Å². The topological polar surface area (TPSA) is 152 Å². The molecule has 0 amide bonds. The number of aliphatic hydroxyl groups is 1. The van der Waals surface area contributed by atoms with Crippen LogP contribution in [0.3, 0.4) is 0 Å². The Kier molecular flexibility index (Phi) is 10.9. The molecule has 13 heteroatoms. The van der Waals surface area contributed by atoms with Gasteiger partial charge in [-0.3, -0.25) is 14.4 Å². The molecule has 1 aliphatic heterocycles. The van der Waals surface area contributed by atoms with E-state index >= 15 is 4.79 Å². The van der Waals surface area contributed by atoms with E-state index in [0.717, 1.165) is 29.9 Å². The highest BCUT2D eigenvalue weighted by atomic mass is 32.2. The van der Waals surface area contributed by atoms with E-state index in [0.29, 0.717) is 5.75 Å². The Hall–Kier alpha value is -2.84. The molecule has 1 heterocycles. The van der Waals surface area contributed by atoms with Crippen molar-refractivity contribution in [1.82, 2.24) is 0 Å². The van der Waals surface area contributed by atoms with Crippen LogP contribution in [-0.4, -0.2) is 90.2 Å². The maximum atomic E-state index is 15.8. The van der Waals surface area contributed by atoms with E-state index in [2.05, 4.69) is 20.8 Å². The number of hydrogen-bond acceptors (Lipinski definition) is 12. The molecule has 0 radical (unpaired) electrons. The predicted octanol–water partition coefficient (Wildman–Crippen LogP) is 6.22. The average Bonchev–Trinajstić information content (AvgIpc) is 3.08. The van der Waals surface area contributed by atoms with Crippen molar-refractivity contribution in [1.29, 1.82) is 0 Å². The predicted molar refractivity (Wildman–Crippen MR) is 193 cm³/mol. The number of rotatable bonds is 10. The molecule has 1 aromatic carbocycles. The Morgan fingerprint density at radius 3 is 2.16 bits per heavy atom. The lowest BCUT2D eigenvalue weighted by molar-refractivity contribution is -0.343. The summed E-state index contributed by atoms with van der Waals surface area (Å²) < 4.78 is 32.1. The number of Topliss-reactive ketones (excluding diaryl/α,β-unsaturated/α-hetero) is 2. The molecule has 280 valence electrons. The van der Waals surface area contributed by atoms with Gasteiger partial charge in [-0.05, 0) is 67.0 Å². The smallest absolute Gasteiger partial charge is 0.368 e. The first-order chi connectivity index (χ1) is 23.9. The number of ketones is 2. The lowest BCUT2D eigenvalue weighted by Crippen LogP contribution is -2.82. The maximum absolute atomic E-state index is 15.8. The number of allylic oxidation sites excluding steroid dienone is 1. The molecule has 4 aliphatic rings. The first-order valence-electron chi connectivity index (χ1n) is 18.0. The summed E-state index contributed by atoms with van der Waals surface area (Å²) in [6, 6.07) is 10.5. The highest BCUT2D eigenvalue weighted by molar-refractivity contribution is 8.13. The molecule has 1 aromatic rings. The molecule has 2 saturated carbocycles. The number of thioether (sulfide) groups is 1. The van der Waals surface area contributed by atoms with E-state index in [1.165, 1.54) is 6.92 Å². The third-order valence-electron chi connectivity index (χ3n) is 12.5. The van der Waals surface area contributed by atoms with E-state index in [1.807, 2.05) is 0 Å². The normalized spacial score (nSPS) is 34.3. The molecule has 0 aromatic heterocycles. The Bertz CT molecular complexity index is 1600. The first-order valence-corrected chi connectivity index (χ1v) is 21.5. The van der Waals surface area contributed by atoms with Crippen molar-refractivity contribution in [2.75, 3.05) is 12.4 Å². The van der Waals surface area contributed by atoms with Gasteiger partial charge in [0.1, 0.15) is 17.8 Å².